The van der Waals surface area contributed by atoms with Crippen LogP contribution in [0.25, 0.3) is 0 Å². The van der Waals surface area contributed by atoms with Crippen molar-refractivity contribution in [3.8, 4) is 0 Å². The average molecular weight is 380 g/mol. The van der Waals surface area contributed by atoms with E-state index in [0.717, 1.165) is 18.2 Å². The van der Waals surface area contributed by atoms with E-state index in [1.165, 1.54) is 42.3 Å². The summed E-state index contributed by atoms with van der Waals surface area (Å²) in [5.74, 6) is -3.95. The van der Waals surface area contributed by atoms with Crippen molar-refractivity contribution in [2.45, 2.75) is 12.1 Å². The van der Waals surface area contributed by atoms with Crippen LogP contribution in [0.4, 0.5) is 23.2 Å². The zero-order valence-corrected chi connectivity index (χ0v) is 14.3. The van der Waals surface area contributed by atoms with Gasteiger partial charge in [0.2, 0.25) is 11.8 Å². The standard InChI is InChI=1S/C19H16F4N2O2/c1-25-10-13(11-5-4-6-12(9-11)19(21,22)23)16(18(25)27)17(26)24-15-8-3-2-7-14(15)20/h2-9,13,16H,10H2,1H3,(H,24,26)/t13-,16+/m0/s1. The molecule has 0 spiro atoms. The first kappa shape index (κ1) is 18.9. The molecule has 0 radical (unpaired) electrons. The van der Waals surface area contributed by atoms with Crippen LogP contribution in [0.5, 0.6) is 0 Å². The second kappa shape index (κ2) is 7.02. The largest absolute Gasteiger partial charge is 0.416 e. The summed E-state index contributed by atoms with van der Waals surface area (Å²) in [6.45, 7) is 0.0928. The molecule has 0 aliphatic carbocycles. The lowest BCUT2D eigenvalue weighted by Gasteiger charge is -2.18. The van der Waals surface area contributed by atoms with Crippen molar-refractivity contribution in [1.82, 2.24) is 4.90 Å². The third-order valence-electron chi connectivity index (χ3n) is 4.57. The number of benzene rings is 2. The summed E-state index contributed by atoms with van der Waals surface area (Å²) in [6, 6.07) is 10.0. The summed E-state index contributed by atoms with van der Waals surface area (Å²) in [4.78, 5) is 26.4. The number of hydrogen-bond acceptors (Lipinski definition) is 2. The first-order valence-electron chi connectivity index (χ1n) is 8.16. The molecule has 2 aromatic rings. The summed E-state index contributed by atoms with van der Waals surface area (Å²) in [5.41, 5.74) is -0.709. The number of carbonyl (C=O) groups is 2. The van der Waals surface area contributed by atoms with Gasteiger partial charge in [0, 0.05) is 19.5 Å². The number of para-hydroxylation sites is 1. The number of amides is 2. The van der Waals surface area contributed by atoms with Crippen LogP contribution in [0, 0.1) is 11.7 Å². The van der Waals surface area contributed by atoms with Gasteiger partial charge in [-0.3, -0.25) is 9.59 Å². The molecular formula is C19H16F4N2O2. The summed E-state index contributed by atoms with van der Waals surface area (Å²) in [5, 5.41) is 2.36. The van der Waals surface area contributed by atoms with Gasteiger partial charge in [-0.15, -0.1) is 0 Å². The van der Waals surface area contributed by atoms with Crippen molar-refractivity contribution in [1.29, 1.82) is 0 Å². The van der Waals surface area contributed by atoms with Crippen LogP contribution in [0.2, 0.25) is 0 Å². The second-order valence-corrected chi connectivity index (χ2v) is 6.40. The van der Waals surface area contributed by atoms with Crippen molar-refractivity contribution < 1.29 is 27.2 Å². The number of likely N-dealkylation sites (N-methyl/N-ethyl adjacent to an activating group) is 1. The summed E-state index contributed by atoms with van der Waals surface area (Å²) >= 11 is 0. The highest BCUT2D eigenvalue weighted by Crippen LogP contribution is 2.37. The molecule has 8 heteroatoms. The molecule has 0 bridgehead atoms. The van der Waals surface area contributed by atoms with Gasteiger partial charge in [-0.05, 0) is 23.8 Å². The summed E-state index contributed by atoms with van der Waals surface area (Å²) in [6.07, 6.45) is -4.53. The second-order valence-electron chi connectivity index (χ2n) is 6.40. The highest BCUT2D eigenvalue weighted by Gasteiger charge is 2.45. The van der Waals surface area contributed by atoms with E-state index in [4.69, 9.17) is 0 Å². The Hall–Kier alpha value is -2.90. The van der Waals surface area contributed by atoms with E-state index in [1.54, 1.807) is 0 Å². The van der Waals surface area contributed by atoms with Gasteiger partial charge < -0.3 is 10.2 Å². The summed E-state index contributed by atoms with van der Waals surface area (Å²) in [7, 11) is 1.47. The molecule has 1 heterocycles. The average Bonchev–Trinajstić information content (AvgIpc) is 2.91. The van der Waals surface area contributed by atoms with Gasteiger partial charge in [0.15, 0.2) is 0 Å². The fourth-order valence-electron chi connectivity index (χ4n) is 3.21. The molecule has 1 aliphatic rings. The van der Waals surface area contributed by atoms with E-state index in [2.05, 4.69) is 5.32 Å². The predicted octanol–water partition coefficient (Wildman–Crippen LogP) is 3.66. The molecule has 2 amide bonds. The third-order valence-corrected chi connectivity index (χ3v) is 4.57. The van der Waals surface area contributed by atoms with Gasteiger partial charge in [-0.25, -0.2) is 4.39 Å². The molecule has 1 saturated heterocycles. The molecular weight excluding hydrogens is 364 g/mol. The zero-order valence-electron chi connectivity index (χ0n) is 14.3. The van der Waals surface area contributed by atoms with Crippen LogP contribution in [-0.4, -0.2) is 30.3 Å². The molecule has 142 valence electrons. The maximum atomic E-state index is 13.8. The Labute approximate surface area is 152 Å². The fourth-order valence-corrected chi connectivity index (χ4v) is 3.21. The van der Waals surface area contributed by atoms with E-state index in [9.17, 15) is 27.2 Å². The molecule has 27 heavy (non-hydrogen) atoms. The molecule has 0 aromatic heterocycles. The van der Waals surface area contributed by atoms with Crippen molar-refractivity contribution in [3.63, 3.8) is 0 Å². The Bertz CT molecular complexity index is 882. The quantitative estimate of drug-likeness (QED) is 0.653. The molecule has 2 aromatic carbocycles. The topological polar surface area (TPSA) is 49.4 Å². The molecule has 4 nitrogen and oxygen atoms in total. The lowest BCUT2D eigenvalue weighted by atomic mass is 9.87. The Balaban J connectivity index is 1.92. The smallest absolute Gasteiger partial charge is 0.344 e. The minimum Gasteiger partial charge on any atom is -0.344 e. The number of carbonyl (C=O) groups excluding carboxylic acids is 2. The highest BCUT2D eigenvalue weighted by atomic mass is 19.4. The van der Waals surface area contributed by atoms with E-state index >= 15 is 0 Å². The van der Waals surface area contributed by atoms with E-state index in [-0.39, 0.29) is 17.8 Å². The Morgan fingerprint density at radius 2 is 1.85 bits per heavy atom. The van der Waals surface area contributed by atoms with Crippen LogP contribution in [-0.2, 0) is 15.8 Å². The van der Waals surface area contributed by atoms with Gasteiger partial charge in [0.1, 0.15) is 11.7 Å². The van der Waals surface area contributed by atoms with Gasteiger partial charge in [0.05, 0.1) is 11.3 Å². The molecule has 1 fully saturated rings. The number of hydrogen-bond donors (Lipinski definition) is 1. The van der Waals surface area contributed by atoms with E-state index < -0.39 is 41.2 Å². The number of nitrogens with zero attached hydrogens (tertiary/aromatic N) is 1. The maximum Gasteiger partial charge on any atom is 0.416 e. The van der Waals surface area contributed by atoms with Crippen molar-refractivity contribution in [2.75, 3.05) is 18.9 Å². The van der Waals surface area contributed by atoms with Gasteiger partial charge in [-0.2, -0.15) is 13.2 Å². The van der Waals surface area contributed by atoms with Gasteiger partial charge >= 0.3 is 6.18 Å². The van der Waals surface area contributed by atoms with Crippen molar-refractivity contribution in [3.05, 3.63) is 65.5 Å². The first-order valence-corrected chi connectivity index (χ1v) is 8.16. The summed E-state index contributed by atoms with van der Waals surface area (Å²) < 4.78 is 52.8. The maximum absolute atomic E-state index is 13.8. The number of anilines is 1. The van der Waals surface area contributed by atoms with Gasteiger partial charge in [-0.1, -0.05) is 30.3 Å². The molecule has 1 aliphatic heterocycles. The molecule has 0 unspecified atom stereocenters. The van der Waals surface area contributed by atoms with E-state index in [0.29, 0.717) is 0 Å². The highest BCUT2D eigenvalue weighted by molar-refractivity contribution is 6.08. The number of likely N-dealkylation sites (tertiary alicyclic amines) is 1. The molecule has 0 saturated carbocycles. The fraction of sp³-hybridized carbons (Fsp3) is 0.263. The number of nitrogens with one attached hydrogen (secondary N) is 1. The first-order chi connectivity index (χ1) is 12.7. The molecule has 2 atom stereocenters. The number of alkyl halides is 3. The van der Waals surface area contributed by atoms with Crippen molar-refractivity contribution in [2.24, 2.45) is 5.92 Å². The minimum atomic E-state index is -4.53. The minimum absolute atomic E-state index is 0.0901. The van der Waals surface area contributed by atoms with Crippen LogP contribution in [0.1, 0.15) is 17.0 Å². The van der Waals surface area contributed by atoms with Gasteiger partial charge in [0.25, 0.3) is 0 Å². The SMILES string of the molecule is CN1C[C@@H](c2cccc(C(F)(F)F)c2)[C@H](C(=O)Nc2ccccc2F)C1=O. The zero-order chi connectivity index (χ0) is 19.8. The van der Waals surface area contributed by atoms with Crippen molar-refractivity contribution >= 4 is 17.5 Å². The lowest BCUT2D eigenvalue weighted by Crippen LogP contribution is -2.33. The Kier molecular flexibility index (Phi) is 4.91. The third kappa shape index (κ3) is 3.79. The number of halogens is 4. The monoisotopic (exact) mass is 380 g/mol. The van der Waals surface area contributed by atoms with E-state index in [1.807, 2.05) is 0 Å². The molecule has 1 N–H and O–H groups in total. The molecule has 3 rings (SSSR count). The number of rotatable bonds is 3. The Morgan fingerprint density at radius 3 is 2.52 bits per heavy atom. The van der Waals surface area contributed by atoms with Crippen LogP contribution in [0.15, 0.2) is 48.5 Å². The van der Waals surface area contributed by atoms with Crippen LogP contribution < -0.4 is 5.32 Å². The lowest BCUT2D eigenvalue weighted by molar-refractivity contribution is -0.137. The predicted molar refractivity (Wildman–Crippen MR) is 90.3 cm³/mol. The van der Waals surface area contributed by atoms with Crippen LogP contribution in [0.3, 0.4) is 0 Å². The van der Waals surface area contributed by atoms with Crippen LogP contribution >= 0.6 is 0 Å². The Morgan fingerprint density at radius 1 is 1.15 bits per heavy atom. The normalized spacial score (nSPS) is 20.0.